The van der Waals surface area contributed by atoms with Crippen LogP contribution >= 0.6 is 11.6 Å². The number of rotatable bonds is 4. The minimum absolute atomic E-state index is 0.222. The predicted molar refractivity (Wildman–Crippen MR) is 125 cm³/mol. The lowest BCUT2D eigenvalue weighted by Gasteiger charge is -2.31. The first-order chi connectivity index (χ1) is 16.8. The lowest BCUT2D eigenvalue weighted by molar-refractivity contribution is -0.137. The van der Waals surface area contributed by atoms with Gasteiger partial charge in [0.15, 0.2) is 0 Å². The second kappa shape index (κ2) is 9.53. The van der Waals surface area contributed by atoms with E-state index in [2.05, 4.69) is 15.4 Å². The van der Waals surface area contributed by atoms with E-state index in [4.69, 9.17) is 11.6 Å². The molecular formula is C25H25ClF3N5O. The molecule has 1 N–H and O–H groups in total. The second-order valence-electron chi connectivity index (χ2n) is 9.06. The monoisotopic (exact) mass is 503 g/mol. The van der Waals surface area contributed by atoms with Gasteiger partial charge in [-0.15, -0.1) is 0 Å². The fourth-order valence-corrected chi connectivity index (χ4v) is 5.19. The number of aromatic nitrogens is 3. The number of carbonyl (C=O) groups excluding carboxylic acids is 1. The largest absolute Gasteiger partial charge is 0.416 e. The van der Waals surface area contributed by atoms with Gasteiger partial charge in [-0.25, -0.2) is 14.5 Å². The van der Waals surface area contributed by atoms with E-state index < -0.39 is 11.7 Å². The van der Waals surface area contributed by atoms with E-state index in [1.165, 1.54) is 18.5 Å². The Morgan fingerprint density at radius 2 is 1.91 bits per heavy atom. The molecule has 0 spiro atoms. The molecule has 2 aromatic carbocycles. The lowest BCUT2D eigenvalue weighted by atomic mass is 9.86. The summed E-state index contributed by atoms with van der Waals surface area (Å²) in [6.45, 7) is 1.09. The highest BCUT2D eigenvalue weighted by Crippen LogP contribution is 2.37. The third-order valence-electron chi connectivity index (χ3n) is 6.79. The number of aryl methyl sites for hydroxylation is 1. The third kappa shape index (κ3) is 5.00. The minimum Gasteiger partial charge on any atom is -0.331 e. The molecule has 184 valence electrons. The van der Waals surface area contributed by atoms with Gasteiger partial charge in [0.1, 0.15) is 12.2 Å². The Kier molecular flexibility index (Phi) is 6.44. The van der Waals surface area contributed by atoms with Gasteiger partial charge < -0.3 is 10.2 Å². The SMILES string of the molecule is O=C(N[C@H]1CCCc2cc(C(F)(F)F)ccc21)N1CCCC1c1ncnn1Cc1ccc(Cl)cc1. The first-order valence-electron chi connectivity index (χ1n) is 11.7. The quantitative estimate of drug-likeness (QED) is 0.480. The van der Waals surface area contributed by atoms with Crippen molar-refractivity contribution in [3.8, 4) is 0 Å². The van der Waals surface area contributed by atoms with E-state index in [1.54, 1.807) is 9.58 Å². The van der Waals surface area contributed by atoms with Crippen LogP contribution in [0.5, 0.6) is 0 Å². The number of halogens is 4. The van der Waals surface area contributed by atoms with E-state index in [0.29, 0.717) is 42.3 Å². The molecule has 0 radical (unpaired) electrons. The van der Waals surface area contributed by atoms with Gasteiger partial charge in [0.25, 0.3) is 0 Å². The van der Waals surface area contributed by atoms with Crippen molar-refractivity contribution >= 4 is 17.6 Å². The molecule has 5 rings (SSSR count). The number of carbonyl (C=O) groups is 1. The summed E-state index contributed by atoms with van der Waals surface area (Å²) in [6.07, 6.45) is 0.704. The Bertz CT molecular complexity index is 1210. The van der Waals surface area contributed by atoms with Crippen molar-refractivity contribution in [1.29, 1.82) is 0 Å². The lowest BCUT2D eigenvalue weighted by Crippen LogP contribution is -2.42. The summed E-state index contributed by atoms with van der Waals surface area (Å²) in [6, 6.07) is 10.5. The number of amides is 2. The number of hydrogen-bond donors (Lipinski definition) is 1. The van der Waals surface area contributed by atoms with Crippen molar-refractivity contribution in [3.05, 3.63) is 81.9 Å². The summed E-state index contributed by atoms with van der Waals surface area (Å²) in [5.41, 5.74) is 1.78. The highest BCUT2D eigenvalue weighted by atomic mass is 35.5. The number of urea groups is 1. The summed E-state index contributed by atoms with van der Waals surface area (Å²) in [4.78, 5) is 19.5. The molecule has 2 amide bonds. The van der Waals surface area contributed by atoms with Crippen molar-refractivity contribution in [2.75, 3.05) is 6.54 Å². The number of fused-ring (bicyclic) bond motifs is 1. The number of nitrogens with one attached hydrogen (secondary N) is 1. The Morgan fingerprint density at radius 3 is 2.69 bits per heavy atom. The number of likely N-dealkylation sites (tertiary alicyclic amines) is 1. The standard InChI is InChI=1S/C25H25ClF3N5O/c26-19-9-6-16(7-10-19)14-34-23(30-15-31-34)22-5-2-12-33(22)24(35)32-21-4-1-3-17-13-18(25(27,28)29)8-11-20(17)21/h6-11,13,15,21-22H,1-5,12,14H2,(H,32,35)/t21-,22?/m0/s1. The summed E-state index contributed by atoms with van der Waals surface area (Å²) >= 11 is 5.99. The number of nitrogens with zero attached hydrogens (tertiary/aromatic N) is 4. The normalized spacial score (nSPS) is 20.1. The van der Waals surface area contributed by atoms with Crippen LogP contribution in [0, 0.1) is 0 Å². The summed E-state index contributed by atoms with van der Waals surface area (Å²) < 4.78 is 41.2. The van der Waals surface area contributed by atoms with Crippen LogP contribution in [0.15, 0.2) is 48.8 Å². The van der Waals surface area contributed by atoms with E-state index in [-0.39, 0.29) is 18.1 Å². The molecule has 1 aliphatic heterocycles. The van der Waals surface area contributed by atoms with E-state index in [9.17, 15) is 18.0 Å². The number of alkyl halides is 3. The summed E-state index contributed by atoms with van der Waals surface area (Å²) in [7, 11) is 0. The van der Waals surface area contributed by atoms with Gasteiger partial charge in [-0.2, -0.15) is 18.3 Å². The van der Waals surface area contributed by atoms with Gasteiger partial charge in [-0.1, -0.05) is 29.8 Å². The van der Waals surface area contributed by atoms with Crippen molar-refractivity contribution in [2.24, 2.45) is 0 Å². The molecule has 0 bridgehead atoms. The van der Waals surface area contributed by atoms with E-state index in [1.807, 2.05) is 24.3 Å². The molecule has 35 heavy (non-hydrogen) atoms. The molecular weight excluding hydrogens is 479 g/mol. The van der Waals surface area contributed by atoms with Gasteiger partial charge in [-0.05, 0) is 73.1 Å². The summed E-state index contributed by atoms with van der Waals surface area (Å²) in [5.74, 6) is 0.714. The molecule has 6 nitrogen and oxygen atoms in total. The minimum atomic E-state index is -4.38. The average Bonchev–Trinajstić information content (AvgIpc) is 3.49. The first-order valence-corrected chi connectivity index (χ1v) is 12.1. The van der Waals surface area contributed by atoms with Gasteiger partial charge >= 0.3 is 12.2 Å². The average molecular weight is 504 g/mol. The van der Waals surface area contributed by atoms with Crippen molar-refractivity contribution in [3.63, 3.8) is 0 Å². The van der Waals surface area contributed by atoms with Crippen LogP contribution < -0.4 is 5.32 Å². The zero-order chi connectivity index (χ0) is 24.6. The smallest absolute Gasteiger partial charge is 0.331 e. The molecule has 2 aliphatic rings. The van der Waals surface area contributed by atoms with Crippen LogP contribution in [0.2, 0.25) is 5.02 Å². The molecule has 1 fully saturated rings. The van der Waals surface area contributed by atoms with E-state index in [0.717, 1.165) is 36.5 Å². The summed E-state index contributed by atoms with van der Waals surface area (Å²) in [5, 5.41) is 8.10. The van der Waals surface area contributed by atoms with Crippen LogP contribution in [-0.2, 0) is 19.1 Å². The van der Waals surface area contributed by atoms with Crippen LogP contribution in [0.4, 0.5) is 18.0 Å². The predicted octanol–water partition coefficient (Wildman–Crippen LogP) is 5.92. The number of benzene rings is 2. The van der Waals surface area contributed by atoms with Crippen LogP contribution in [-0.4, -0.2) is 32.2 Å². The Hall–Kier alpha value is -3.07. The van der Waals surface area contributed by atoms with Gasteiger partial charge in [0, 0.05) is 11.6 Å². The third-order valence-corrected chi connectivity index (χ3v) is 7.04. The maximum absolute atomic E-state index is 13.3. The fraction of sp³-hybridized carbons (Fsp3) is 0.400. The maximum Gasteiger partial charge on any atom is 0.416 e. The highest BCUT2D eigenvalue weighted by molar-refractivity contribution is 6.30. The van der Waals surface area contributed by atoms with Gasteiger partial charge in [0.05, 0.1) is 24.2 Å². The molecule has 10 heteroatoms. The van der Waals surface area contributed by atoms with E-state index >= 15 is 0 Å². The molecule has 0 saturated carbocycles. The zero-order valence-electron chi connectivity index (χ0n) is 18.9. The van der Waals surface area contributed by atoms with Crippen molar-refractivity contribution < 1.29 is 18.0 Å². The Morgan fingerprint density at radius 1 is 1.11 bits per heavy atom. The molecule has 1 saturated heterocycles. The zero-order valence-corrected chi connectivity index (χ0v) is 19.7. The van der Waals surface area contributed by atoms with Crippen LogP contribution in [0.25, 0.3) is 0 Å². The Labute approximate surface area is 206 Å². The molecule has 1 aliphatic carbocycles. The van der Waals surface area contributed by atoms with Gasteiger partial charge in [0.2, 0.25) is 0 Å². The van der Waals surface area contributed by atoms with Crippen molar-refractivity contribution in [1.82, 2.24) is 25.0 Å². The first kappa shape index (κ1) is 23.7. The number of hydrogen-bond acceptors (Lipinski definition) is 3. The Balaban J connectivity index is 1.32. The van der Waals surface area contributed by atoms with Gasteiger partial charge in [-0.3, -0.25) is 0 Å². The van der Waals surface area contributed by atoms with Crippen molar-refractivity contribution in [2.45, 2.75) is 56.9 Å². The molecule has 1 aromatic heterocycles. The second-order valence-corrected chi connectivity index (χ2v) is 9.50. The van der Waals surface area contributed by atoms with Crippen LogP contribution in [0.1, 0.15) is 65.8 Å². The fourth-order valence-electron chi connectivity index (χ4n) is 5.07. The molecule has 2 atom stereocenters. The highest BCUT2D eigenvalue weighted by Gasteiger charge is 2.36. The topological polar surface area (TPSA) is 63.1 Å². The molecule has 3 aromatic rings. The molecule has 1 unspecified atom stereocenters. The maximum atomic E-state index is 13.3. The molecule has 2 heterocycles. The van der Waals surface area contributed by atoms with Crippen LogP contribution in [0.3, 0.4) is 0 Å².